The molecule has 0 saturated carbocycles. The summed E-state index contributed by atoms with van der Waals surface area (Å²) < 4.78 is 1.50. The lowest BCUT2D eigenvalue weighted by Gasteiger charge is -1.93. The SMILES string of the molecule is CCn1ncc(C#N)c1C#N. The molecule has 0 amide bonds. The summed E-state index contributed by atoms with van der Waals surface area (Å²) in [5.74, 6) is 0. The zero-order valence-electron chi connectivity index (χ0n) is 6.07. The maximum Gasteiger partial charge on any atom is 0.156 e. The molecule has 0 aliphatic carbocycles. The molecule has 1 aromatic heterocycles. The lowest BCUT2D eigenvalue weighted by atomic mass is 10.3. The Morgan fingerprint density at radius 3 is 2.73 bits per heavy atom. The van der Waals surface area contributed by atoms with Crippen molar-refractivity contribution < 1.29 is 0 Å². The second-order valence-corrected chi connectivity index (χ2v) is 1.95. The monoisotopic (exact) mass is 146 g/mol. The van der Waals surface area contributed by atoms with E-state index in [0.29, 0.717) is 17.8 Å². The molecule has 0 fully saturated rings. The quantitative estimate of drug-likeness (QED) is 0.584. The van der Waals surface area contributed by atoms with E-state index in [1.54, 1.807) is 0 Å². The molecule has 0 aliphatic rings. The number of rotatable bonds is 1. The first-order valence-corrected chi connectivity index (χ1v) is 3.19. The Kier molecular flexibility index (Phi) is 1.89. The third-order valence-corrected chi connectivity index (χ3v) is 1.37. The average molecular weight is 146 g/mol. The van der Waals surface area contributed by atoms with Gasteiger partial charge in [-0.1, -0.05) is 0 Å². The molecule has 54 valence electrons. The smallest absolute Gasteiger partial charge is 0.156 e. The van der Waals surface area contributed by atoms with Crippen molar-refractivity contribution in [3.63, 3.8) is 0 Å². The van der Waals surface area contributed by atoms with E-state index < -0.39 is 0 Å². The Hall–Kier alpha value is -1.81. The minimum absolute atomic E-state index is 0.342. The van der Waals surface area contributed by atoms with Gasteiger partial charge in [-0.2, -0.15) is 15.6 Å². The van der Waals surface area contributed by atoms with Crippen molar-refractivity contribution in [2.45, 2.75) is 13.5 Å². The van der Waals surface area contributed by atoms with Gasteiger partial charge in [-0.05, 0) is 6.92 Å². The summed E-state index contributed by atoms with van der Waals surface area (Å²) in [6.45, 7) is 2.49. The number of nitrogens with zero attached hydrogens (tertiary/aromatic N) is 4. The highest BCUT2D eigenvalue weighted by atomic mass is 15.3. The first kappa shape index (κ1) is 7.30. The van der Waals surface area contributed by atoms with Crippen LogP contribution < -0.4 is 0 Å². The molecular weight excluding hydrogens is 140 g/mol. The predicted octanol–water partition coefficient (Wildman–Crippen LogP) is 0.646. The molecule has 1 aromatic rings. The van der Waals surface area contributed by atoms with E-state index in [1.165, 1.54) is 10.9 Å². The van der Waals surface area contributed by atoms with Crippen LogP contribution in [0.5, 0.6) is 0 Å². The molecule has 11 heavy (non-hydrogen) atoms. The molecule has 1 rings (SSSR count). The Bertz CT molecular complexity index is 336. The van der Waals surface area contributed by atoms with Crippen molar-refractivity contribution in [2.75, 3.05) is 0 Å². The van der Waals surface area contributed by atoms with Crippen molar-refractivity contribution in [3.05, 3.63) is 17.5 Å². The molecule has 0 spiro atoms. The summed E-state index contributed by atoms with van der Waals surface area (Å²) in [4.78, 5) is 0. The molecule has 4 heteroatoms. The molecule has 0 radical (unpaired) electrons. The molecule has 4 nitrogen and oxygen atoms in total. The first-order chi connectivity index (χ1) is 5.33. The second kappa shape index (κ2) is 2.85. The van der Waals surface area contributed by atoms with Gasteiger partial charge in [0, 0.05) is 6.54 Å². The van der Waals surface area contributed by atoms with Crippen LogP contribution in [0.15, 0.2) is 6.20 Å². The fourth-order valence-electron chi connectivity index (χ4n) is 0.825. The van der Waals surface area contributed by atoms with Crippen LogP contribution in [0.4, 0.5) is 0 Å². The van der Waals surface area contributed by atoms with Crippen molar-refractivity contribution >= 4 is 0 Å². The molecule has 1 heterocycles. The average Bonchev–Trinajstić information content (AvgIpc) is 2.45. The topological polar surface area (TPSA) is 65.4 Å². The first-order valence-electron chi connectivity index (χ1n) is 3.19. The van der Waals surface area contributed by atoms with Crippen LogP contribution >= 0.6 is 0 Å². The van der Waals surface area contributed by atoms with Gasteiger partial charge in [-0.15, -0.1) is 0 Å². The third-order valence-electron chi connectivity index (χ3n) is 1.37. The molecule has 0 unspecified atom stereocenters. The largest absolute Gasteiger partial charge is 0.254 e. The summed E-state index contributed by atoms with van der Waals surface area (Å²) in [5, 5.41) is 20.9. The molecule has 0 aromatic carbocycles. The summed E-state index contributed by atoms with van der Waals surface area (Å²) in [7, 11) is 0. The second-order valence-electron chi connectivity index (χ2n) is 1.95. The Balaban J connectivity index is 3.26. The van der Waals surface area contributed by atoms with Crippen LogP contribution in [0.3, 0.4) is 0 Å². The highest BCUT2D eigenvalue weighted by molar-refractivity contribution is 5.39. The van der Waals surface area contributed by atoms with Gasteiger partial charge in [0.2, 0.25) is 0 Å². The van der Waals surface area contributed by atoms with E-state index in [4.69, 9.17) is 10.5 Å². The number of hydrogen-bond acceptors (Lipinski definition) is 3. The highest BCUT2D eigenvalue weighted by Gasteiger charge is 2.06. The summed E-state index contributed by atoms with van der Waals surface area (Å²) >= 11 is 0. The molecule has 0 saturated heterocycles. The molecular formula is C7H6N4. The van der Waals surface area contributed by atoms with Crippen molar-refractivity contribution in [2.24, 2.45) is 0 Å². The van der Waals surface area contributed by atoms with E-state index in [0.717, 1.165) is 0 Å². The minimum Gasteiger partial charge on any atom is -0.254 e. The van der Waals surface area contributed by atoms with Gasteiger partial charge in [-0.3, -0.25) is 4.68 Å². The van der Waals surface area contributed by atoms with Gasteiger partial charge >= 0.3 is 0 Å². The fraction of sp³-hybridized carbons (Fsp3) is 0.286. The lowest BCUT2D eigenvalue weighted by molar-refractivity contribution is 0.651. The maximum atomic E-state index is 8.59. The summed E-state index contributed by atoms with van der Waals surface area (Å²) in [5.41, 5.74) is 0.685. The van der Waals surface area contributed by atoms with E-state index >= 15 is 0 Å². The van der Waals surface area contributed by atoms with Crippen LogP contribution in [-0.4, -0.2) is 9.78 Å². The Morgan fingerprint density at radius 1 is 1.55 bits per heavy atom. The standard InChI is InChI=1S/C7H6N4/c1-2-11-7(4-9)6(3-8)5-10-11/h5H,2H2,1H3. The van der Waals surface area contributed by atoms with E-state index in [1.807, 2.05) is 19.1 Å². The van der Waals surface area contributed by atoms with E-state index in [2.05, 4.69) is 5.10 Å². The summed E-state index contributed by atoms with van der Waals surface area (Å²) in [6.07, 6.45) is 1.40. The van der Waals surface area contributed by atoms with Crippen LogP contribution in [0.2, 0.25) is 0 Å². The van der Waals surface area contributed by atoms with Crippen LogP contribution in [0, 0.1) is 22.7 Å². The zero-order chi connectivity index (χ0) is 8.27. The number of aryl methyl sites for hydroxylation is 1. The van der Waals surface area contributed by atoms with Crippen LogP contribution in [0.1, 0.15) is 18.2 Å². The lowest BCUT2D eigenvalue weighted by Crippen LogP contribution is -1.99. The highest BCUT2D eigenvalue weighted by Crippen LogP contribution is 2.04. The third kappa shape index (κ3) is 1.06. The van der Waals surface area contributed by atoms with Crippen LogP contribution in [0.25, 0.3) is 0 Å². The number of hydrogen-bond donors (Lipinski definition) is 0. The normalized spacial score (nSPS) is 8.64. The minimum atomic E-state index is 0.342. The molecule has 0 bridgehead atoms. The van der Waals surface area contributed by atoms with Gasteiger partial charge < -0.3 is 0 Å². The Morgan fingerprint density at radius 2 is 2.27 bits per heavy atom. The number of aromatic nitrogens is 2. The molecule has 0 atom stereocenters. The predicted molar refractivity (Wildman–Crippen MR) is 37.3 cm³/mol. The van der Waals surface area contributed by atoms with Crippen molar-refractivity contribution in [1.29, 1.82) is 10.5 Å². The molecule has 0 aliphatic heterocycles. The van der Waals surface area contributed by atoms with Gasteiger partial charge in [0.1, 0.15) is 17.7 Å². The van der Waals surface area contributed by atoms with E-state index in [9.17, 15) is 0 Å². The fourth-order valence-corrected chi connectivity index (χ4v) is 0.825. The van der Waals surface area contributed by atoms with Gasteiger partial charge in [0.05, 0.1) is 6.20 Å². The van der Waals surface area contributed by atoms with E-state index in [-0.39, 0.29) is 0 Å². The van der Waals surface area contributed by atoms with Gasteiger partial charge in [0.25, 0.3) is 0 Å². The Labute approximate surface area is 64.3 Å². The van der Waals surface area contributed by atoms with Gasteiger partial charge in [-0.25, -0.2) is 0 Å². The maximum absolute atomic E-state index is 8.59. The molecule has 0 N–H and O–H groups in total. The summed E-state index contributed by atoms with van der Waals surface area (Å²) in [6, 6.07) is 3.82. The number of nitriles is 2. The van der Waals surface area contributed by atoms with Crippen molar-refractivity contribution in [1.82, 2.24) is 9.78 Å². The zero-order valence-corrected chi connectivity index (χ0v) is 6.07. The van der Waals surface area contributed by atoms with Crippen molar-refractivity contribution in [3.8, 4) is 12.1 Å². The van der Waals surface area contributed by atoms with Crippen LogP contribution in [-0.2, 0) is 6.54 Å². The van der Waals surface area contributed by atoms with Gasteiger partial charge in [0.15, 0.2) is 5.69 Å².